The van der Waals surface area contributed by atoms with Crippen LogP contribution in [0.1, 0.15) is 26.2 Å². The Labute approximate surface area is 107 Å². The molecular weight excluding hydrogens is 234 g/mol. The lowest BCUT2D eigenvalue weighted by Gasteiger charge is -2.34. The van der Waals surface area contributed by atoms with Crippen molar-refractivity contribution in [3.8, 4) is 0 Å². The number of nitrogens with zero attached hydrogens (tertiary/aromatic N) is 2. The van der Waals surface area contributed by atoms with E-state index in [0.717, 1.165) is 30.9 Å². The molecule has 0 aliphatic carbocycles. The van der Waals surface area contributed by atoms with Crippen LogP contribution in [0.3, 0.4) is 0 Å². The summed E-state index contributed by atoms with van der Waals surface area (Å²) in [5, 5.41) is 10.7. The van der Waals surface area contributed by atoms with Crippen molar-refractivity contribution >= 4 is 17.3 Å². The third kappa shape index (κ3) is 3.67. The van der Waals surface area contributed by atoms with Crippen molar-refractivity contribution < 1.29 is 0 Å². The second-order valence-corrected chi connectivity index (χ2v) is 4.68. The average Bonchev–Trinajstić information content (AvgIpc) is 2.79. The van der Waals surface area contributed by atoms with Gasteiger partial charge in [0.05, 0.1) is 18.7 Å². The smallest absolute Gasteiger partial charge is 0.168 e. The lowest BCUT2D eigenvalue weighted by atomic mass is 10.2. The Kier molecular flexibility index (Phi) is 4.33. The minimum Gasteiger partial charge on any atom is -0.347 e. The van der Waals surface area contributed by atoms with Crippen LogP contribution >= 0.6 is 12.2 Å². The van der Waals surface area contributed by atoms with E-state index in [1.54, 1.807) is 6.20 Å². The van der Waals surface area contributed by atoms with E-state index in [9.17, 15) is 0 Å². The maximum atomic E-state index is 5.21. The average molecular weight is 253 g/mol. The monoisotopic (exact) mass is 253 g/mol. The summed E-state index contributed by atoms with van der Waals surface area (Å²) in [6, 6.07) is 0. The van der Waals surface area contributed by atoms with Gasteiger partial charge >= 0.3 is 0 Å². The maximum absolute atomic E-state index is 5.21. The molecule has 3 N–H and O–H groups in total. The first kappa shape index (κ1) is 12.3. The Morgan fingerprint density at radius 1 is 1.35 bits per heavy atom. The summed E-state index contributed by atoms with van der Waals surface area (Å²) in [5.74, 6) is 0. The van der Waals surface area contributed by atoms with Gasteiger partial charge in [-0.15, -0.1) is 0 Å². The molecule has 1 aromatic rings. The molecule has 1 aliphatic heterocycles. The van der Waals surface area contributed by atoms with Crippen molar-refractivity contribution in [2.24, 2.45) is 0 Å². The predicted octanol–water partition coefficient (Wildman–Crippen LogP) is 0.793. The fourth-order valence-corrected chi connectivity index (χ4v) is 2.27. The zero-order valence-corrected chi connectivity index (χ0v) is 10.8. The lowest BCUT2D eigenvalue weighted by molar-refractivity contribution is 0.315. The molecule has 1 aliphatic rings. The van der Waals surface area contributed by atoms with Crippen LogP contribution in [0.25, 0.3) is 0 Å². The van der Waals surface area contributed by atoms with Crippen LogP contribution in [0.4, 0.5) is 0 Å². The molecule has 1 aromatic heterocycles. The van der Waals surface area contributed by atoms with Crippen LogP contribution in [0, 0.1) is 0 Å². The summed E-state index contributed by atoms with van der Waals surface area (Å²) in [5.41, 5.74) is 0. The molecule has 0 saturated carbocycles. The van der Waals surface area contributed by atoms with Gasteiger partial charge in [-0.3, -0.25) is 5.32 Å². The Morgan fingerprint density at radius 2 is 2.12 bits per heavy atom. The fraction of sp³-hybridized carbons (Fsp3) is 0.636. The molecule has 2 heterocycles. The Bertz CT molecular complexity index is 351. The fourth-order valence-electron chi connectivity index (χ4n) is 1.98. The maximum Gasteiger partial charge on any atom is 0.168 e. The lowest BCUT2D eigenvalue weighted by Crippen LogP contribution is -2.64. The normalized spacial score (nSPS) is 24.2. The van der Waals surface area contributed by atoms with Crippen molar-refractivity contribution in [1.82, 2.24) is 25.5 Å². The van der Waals surface area contributed by atoms with Crippen LogP contribution in [0.2, 0.25) is 0 Å². The summed E-state index contributed by atoms with van der Waals surface area (Å²) in [6.07, 6.45) is 9.35. The zero-order valence-electron chi connectivity index (χ0n) is 10.0. The summed E-state index contributed by atoms with van der Waals surface area (Å²) >= 11 is 5.21. The van der Waals surface area contributed by atoms with E-state index >= 15 is 0 Å². The number of aromatic nitrogens is 2. The van der Waals surface area contributed by atoms with E-state index in [1.807, 2.05) is 12.5 Å². The number of rotatable bonds is 5. The molecule has 2 rings (SSSR count). The van der Waals surface area contributed by atoms with Crippen LogP contribution in [-0.4, -0.2) is 27.0 Å². The number of hydrogen-bond acceptors (Lipinski definition) is 3. The molecule has 2 unspecified atom stereocenters. The number of nitrogens with one attached hydrogen (secondary N) is 3. The Morgan fingerprint density at radius 3 is 2.76 bits per heavy atom. The summed E-state index contributed by atoms with van der Waals surface area (Å²) in [4.78, 5) is 4.03. The first-order chi connectivity index (χ1) is 8.28. The minimum absolute atomic E-state index is 0.239. The van der Waals surface area contributed by atoms with Gasteiger partial charge in [0, 0.05) is 18.9 Å². The quantitative estimate of drug-likeness (QED) is 0.678. The first-order valence-electron chi connectivity index (χ1n) is 6.06. The minimum atomic E-state index is 0.239. The number of hydrogen-bond donors (Lipinski definition) is 3. The van der Waals surface area contributed by atoms with E-state index in [1.165, 1.54) is 0 Å². The van der Waals surface area contributed by atoms with Crippen LogP contribution < -0.4 is 16.0 Å². The molecule has 5 nitrogen and oxygen atoms in total. The van der Waals surface area contributed by atoms with Gasteiger partial charge in [-0.1, -0.05) is 13.3 Å². The van der Waals surface area contributed by atoms with Gasteiger partial charge in [-0.05, 0) is 25.1 Å². The highest BCUT2D eigenvalue weighted by Gasteiger charge is 2.21. The van der Waals surface area contributed by atoms with Gasteiger partial charge in [0.15, 0.2) is 5.11 Å². The van der Waals surface area contributed by atoms with Crippen molar-refractivity contribution in [3.05, 3.63) is 18.7 Å². The Balaban J connectivity index is 1.81. The highest BCUT2D eigenvalue weighted by Crippen LogP contribution is 2.03. The van der Waals surface area contributed by atoms with Gasteiger partial charge in [0.2, 0.25) is 0 Å². The van der Waals surface area contributed by atoms with Gasteiger partial charge in [-0.25, -0.2) is 4.98 Å². The van der Waals surface area contributed by atoms with Gasteiger partial charge in [-0.2, -0.15) is 0 Å². The van der Waals surface area contributed by atoms with Crippen molar-refractivity contribution in [3.63, 3.8) is 0 Å². The molecule has 0 amide bonds. The van der Waals surface area contributed by atoms with E-state index in [0.29, 0.717) is 6.17 Å². The highest BCUT2D eigenvalue weighted by molar-refractivity contribution is 7.80. The predicted molar refractivity (Wildman–Crippen MR) is 71.3 cm³/mol. The number of thiocarbonyl (C=S) groups is 1. The largest absolute Gasteiger partial charge is 0.347 e. The molecular formula is C11H19N5S. The third-order valence-corrected chi connectivity index (χ3v) is 3.06. The molecule has 2 atom stereocenters. The summed E-state index contributed by atoms with van der Waals surface area (Å²) in [6.45, 7) is 3.11. The zero-order chi connectivity index (χ0) is 12.1. The molecule has 1 fully saturated rings. The molecule has 0 spiro atoms. The number of imidazole rings is 1. The first-order valence-corrected chi connectivity index (χ1v) is 6.47. The summed E-state index contributed by atoms with van der Waals surface area (Å²) < 4.78 is 2.07. The standard InChI is InChI=1S/C11H19N5S/c1-2-3-9-13-10(15-11(17)14-9)4-6-16-7-5-12-8-16/h5,7-10,13H,2-4,6H2,1H3,(H2,14,15,17). The Hall–Kier alpha value is -1.14. The van der Waals surface area contributed by atoms with Crippen molar-refractivity contribution in [2.45, 2.75) is 45.1 Å². The van der Waals surface area contributed by atoms with Crippen LogP contribution in [0.15, 0.2) is 18.7 Å². The molecule has 6 heteroatoms. The van der Waals surface area contributed by atoms with Gasteiger partial charge < -0.3 is 15.2 Å². The van der Waals surface area contributed by atoms with Crippen LogP contribution in [0.5, 0.6) is 0 Å². The number of aryl methyl sites for hydroxylation is 1. The molecule has 17 heavy (non-hydrogen) atoms. The van der Waals surface area contributed by atoms with E-state index in [4.69, 9.17) is 12.2 Å². The highest BCUT2D eigenvalue weighted by atomic mass is 32.1. The van der Waals surface area contributed by atoms with Crippen molar-refractivity contribution in [2.75, 3.05) is 0 Å². The van der Waals surface area contributed by atoms with E-state index in [2.05, 4.69) is 32.4 Å². The third-order valence-electron chi connectivity index (χ3n) is 2.83. The van der Waals surface area contributed by atoms with Crippen molar-refractivity contribution in [1.29, 1.82) is 0 Å². The van der Waals surface area contributed by atoms with Crippen LogP contribution in [-0.2, 0) is 6.54 Å². The molecule has 94 valence electrons. The van der Waals surface area contributed by atoms with Gasteiger partial charge in [0.25, 0.3) is 0 Å². The topological polar surface area (TPSA) is 53.9 Å². The molecule has 0 radical (unpaired) electrons. The van der Waals surface area contributed by atoms with E-state index < -0.39 is 0 Å². The van der Waals surface area contributed by atoms with Gasteiger partial charge in [0.1, 0.15) is 0 Å². The molecule has 0 bridgehead atoms. The summed E-state index contributed by atoms with van der Waals surface area (Å²) in [7, 11) is 0. The molecule has 0 aromatic carbocycles. The second kappa shape index (κ2) is 5.97. The second-order valence-electron chi connectivity index (χ2n) is 4.27. The SMILES string of the molecule is CCCC1NC(=S)NC(CCn2ccnc2)N1. The van der Waals surface area contributed by atoms with E-state index in [-0.39, 0.29) is 6.17 Å². The molecule has 1 saturated heterocycles.